The van der Waals surface area contributed by atoms with Gasteiger partial charge in [0.2, 0.25) is 5.91 Å². The Balaban J connectivity index is 1.49. The smallest absolute Gasteiger partial charge is 0.242 e. The second-order valence-corrected chi connectivity index (χ2v) is 9.78. The Labute approximate surface area is 202 Å². The molecule has 3 aromatic heterocycles. The number of nitrogens with zero attached hydrogens (tertiary/aromatic N) is 7. The second-order valence-electron chi connectivity index (χ2n) is 9.78. The van der Waals surface area contributed by atoms with Crippen LogP contribution in [0.25, 0.3) is 22.2 Å². The first kappa shape index (κ1) is 23.2. The standard InChI is InChI=1S/C24H30N8O3/c1-13-5-17-18(6-14(13)2)31(15(3)29-17)10-20(34)30-8-16(33)7-24(4,35)19(9-30)32-12-28-21-22(25)26-11-27-23(21)32/h5-6,11-12,16,19,33,35H,7-10H2,1-4H3,(H2,25,26,27)/t16-,19+,24+/m1/s1. The predicted octanol–water partition coefficient (Wildman–Crippen LogP) is 1.27. The fourth-order valence-corrected chi connectivity index (χ4v) is 5.04. The number of aryl methyl sites for hydroxylation is 3. The summed E-state index contributed by atoms with van der Waals surface area (Å²) in [6.45, 7) is 7.96. The van der Waals surface area contributed by atoms with Crippen molar-refractivity contribution in [3.63, 3.8) is 0 Å². The second kappa shape index (κ2) is 8.28. The van der Waals surface area contributed by atoms with Gasteiger partial charge in [-0.3, -0.25) is 4.79 Å². The van der Waals surface area contributed by atoms with Crippen molar-refractivity contribution in [3.8, 4) is 0 Å². The summed E-state index contributed by atoms with van der Waals surface area (Å²) in [6, 6.07) is 3.47. The molecule has 184 valence electrons. The van der Waals surface area contributed by atoms with E-state index in [0.29, 0.717) is 11.2 Å². The quantitative estimate of drug-likeness (QED) is 0.399. The summed E-state index contributed by atoms with van der Waals surface area (Å²) in [5, 5.41) is 22.0. The molecule has 0 spiro atoms. The van der Waals surface area contributed by atoms with Gasteiger partial charge in [0.05, 0.1) is 35.1 Å². The first-order valence-corrected chi connectivity index (χ1v) is 11.6. The van der Waals surface area contributed by atoms with Crippen LogP contribution in [0, 0.1) is 20.8 Å². The van der Waals surface area contributed by atoms with Crippen LogP contribution in [0.3, 0.4) is 0 Å². The summed E-state index contributed by atoms with van der Waals surface area (Å²) in [7, 11) is 0. The SMILES string of the molecule is Cc1cc2nc(C)n(CC(=O)N3C[C@H](O)C[C@](C)(O)[C@@H](n4cnc5c(N)ncnc54)C3)c2cc1C. The number of carbonyl (C=O) groups excluding carboxylic acids is 1. The molecule has 0 saturated carbocycles. The van der Waals surface area contributed by atoms with Crippen molar-refractivity contribution in [2.75, 3.05) is 18.8 Å². The number of likely N-dealkylation sites (tertiary alicyclic amines) is 1. The first-order chi connectivity index (χ1) is 16.5. The highest BCUT2D eigenvalue weighted by Gasteiger charge is 2.42. The average molecular weight is 479 g/mol. The minimum Gasteiger partial charge on any atom is -0.391 e. The molecule has 0 bridgehead atoms. The topological polar surface area (TPSA) is 148 Å². The lowest BCUT2D eigenvalue weighted by Crippen LogP contribution is -2.43. The van der Waals surface area contributed by atoms with E-state index in [0.717, 1.165) is 28.0 Å². The number of aliphatic hydroxyl groups is 2. The normalized spacial score (nSPS) is 23.2. The number of anilines is 1. The van der Waals surface area contributed by atoms with E-state index in [1.165, 1.54) is 6.33 Å². The lowest BCUT2D eigenvalue weighted by Gasteiger charge is -2.34. The zero-order valence-electron chi connectivity index (χ0n) is 20.3. The Bertz CT molecular complexity index is 1440. The highest BCUT2D eigenvalue weighted by Crippen LogP contribution is 2.34. The number of imidazole rings is 2. The molecule has 4 aromatic rings. The third-order valence-electron chi connectivity index (χ3n) is 7.11. The molecule has 0 aliphatic carbocycles. The lowest BCUT2D eigenvalue weighted by atomic mass is 9.91. The van der Waals surface area contributed by atoms with Crippen LogP contribution >= 0.6 is 0 Å². The van der Waals surface area contributed by atoms with E-state index in [-0.39, 0.29) is 37.8 Å². The van der Waals surface area contributed by atoms with Gasteiger partial charge >= 0.3 is 0 Å². The molecular weight excluding hydrogens is 448 g/mol. The van der Waals surface area contributed by atoms with Gasteiger partial charge in [-0.1, -0.05) is 0 Å². The molecule has 1 amide bonds. The van der Waals surface area contributed by atoms with Crippen molar-refractivity contribution in [1.29, 1.82) is 0 Å². The van der Waals surface area contributed by atoms with Gasteiger partial charge in [0.25, 0.3) is 0 Å². The number of nitrogens with two attached hydrogens (primary N) is 1. The number of rotatable bonds is 3. The maximum Gasteiger partial charge on any atom is 0.242 e. The number of aliphatic hydroxyl groups excluding tert-OH is 1. The number of hydrogen-bond donors (Lipinski definition) is 3. The number of carbonyl (C=O) groups is 1. The van der Waals surface area contributed by atoms with Crippen LogP contribution in [0.1, 0.15) is 36.3 Å². The first-order valence-electron chi connectivity index (χ1n) is 11.6. The van der Waals surface area contributed by atoms with Crippen LogP contribution in [0.5, 0.6) is 0 Å². The van der Waals surface area contributed by atoms with Crippen molar-refractivity contribution in [1.82, 2.24) is 34.0 Å². The van der Waals surface area contributed by atoms with Gasteiger partial charge in [-0.05, 0) is 51.0 Å². The lowest BCUT2D eigenvalue weighted by molar-refractivity contribution is -0.133. The molecule has 5 rings (SSSR count). The largest absolute Gasteiger partial charge is 0.391 e. The Morgan fingerprint density at radius 2 is 1.91 bits per heavy atom. The molecule has 1 aliphatic rings. The van der Waals surface area contributed by atoms with Crippen LogP contribution in [0.4, 0.5) is 5.82 Å². The number of β-amino-alcohol motifs (C(OH)–C–C–N with tert-alkyl or cyclic N) is 1. The summed E-state index contributed by atoms with van der Waals surface area (Å²) < 4.78 is 3.62. The van der Waals surface area contributed by atoms with E-state index >= 15 is 0 Å². The molecule has 11 heteroatoms. The number of nitrogen functional groups attached to an aromatic ring is 1. The molecule has 3 atom stereocenters. The zero-order chi connectivity index (χ0) is 25.1. The molecule has 0 unspecified atom stereocenters. The molecule has 35 heavy (non-hydrogen) atoms. The molecule has 11 nitrogen and oxygen atoms in total. The summed E-state index contributed by atoms with van der Waals surface area (Å²) in [6.07, 6.45) is 2.09. The molecule has 1 aliphatic heterocycles. The molecule has 1 aromatic carbocycles. The predicted molar refractivity (Wildman–Crippen MR) is 131 cm³/mol. The van der Waals surface area contributed by atoms with E-state index in [1.54, 1.807) is 22.7 Å². The fourth-order valence-electron chi connectivity index (χ4n) is 5.04. The van der Waals surface area contributed by atoms with Crippen molar-refractivity contribution in [2.24, 2.45) is 0 Å². The van der Waals surface area contributed by atoms with Gasteiger partial charge in [0.15, 0.2) is 11.5 Å². The Hall–Kier alpha value is -3.57. The van der Waals surface area contributed by atoms with Crippen LogP contribution in [-0.4, -0.2) is 74.9 Å². The zero-order valence-corrected chi connectivity index (χ0v) is 20.3. The number of aromatic nitrogens is 6. The van der Waals surface area contributed by atoms with Gasteiger partial charge in [0, 0.05) is 19.5 Å². The molecule has 1 fully saturated rings. The maximum atomic E-state index is 13.6. The highest BCUT2D eigenvalue weighted by atomic mass is 16.3. The average Bonchev–Trinajstić information content (AvgIpc) is 3.29. The fraction of sp³-hybridized carbons (Fsp3) is 0.458. The Kier molecular flexibility index (Phi) is 5.48. The number of benzene rings is 1. The van der Waals surface area contributed by atoms with Gasteiger partial charge in [-0.15, -0.1) is 0 Å². The van der Waals surface area contributed by atoms with Crippen LogP contribution < -0.4 is 5.73 Å². The van der Waals surface area contributed by atoms with Crippen molar-refractivity contribution < 1.29 is 15.0 Å². The van der Waals surface area contributed by atoms with Gasteiger partial charge in [-0.25, -0.2) is 19.9 Å². The minimum absolute atomic E-state index is 0.0756. The summed E-state index contributed by atoms with van der Waals surface area (Å²) >= 11 is 0. The van der Waals surface area contributed by atoms with E-state index in [9.17, 15) is 15.0 Å². The van der Waals surface area contributed by atoms with E-state index < -0.39 is 17.7 Å². The third kappa shape index (κ3) is 4.00. The Morgan fingerprint density at radius 3 is 2.69 bits per heavy atom. The number of hydrogen-bond acceptors (Lipinski definition) is 8. The van der Waals surface area contributed by atoms with E-state index in [1.807, 2.05) is 37.5 Å². The van der Waals surface area contributed by atoms with Crippen LogP contribution in [-0.2, 0) is 11.3 Å². The molecule has 4 N–H and O–H groups in total. The summed E-state index contributed by atoms with van der Waals surface area (Å²) in [5.74, 6) is 0.805. The van der Waals surface area contributed by atoms with Gasteiger partial charge < -0.3 is 30.0 Å². The Morgan fingerprint density at radius 1 is 1.17 bits per heavy atom. The monoisotopic (exact) mass is 478 g/mol. The minimum atomic E-state index is -1.33. The summed E-state index contributed by atoms with van der Waals surface area (Å²) in [5.41, 5.74) is 9.53. The number of fused-ring (bicyclic) bond motifs is 2. The van der Waals surface area contributed by atoms with E-state index in [4.69, 9.17) is 5.73 Å². The molecule has 0 radical (unpaired) electrons. The van der Waals surface area contributed by atoms with Crippen molar-refractivity contribution >= 4 is 33.9 Å². The van der Waals surface area contributed by atoms with Crippen LogP contribution in [0.15, 0.2) is 24.8 Å². The maximum absolute atomic E-state index is 13.6. The molecular formula is C24H30N8O3. The van der Waals surface area contributed by atoms with Crippen molar-refractivity contribution in [2.45, 2.75) is 58.4 Å². The van der Waals surface area contributed by atoms with Crippen LogP contribution in [0.2, 0.25) is 0 Å². The molecule has 4 heterocycles. The van der Waals surface area contributed by atoms with E-state index in [2.05, 4.69) is 19.9 Å². The molecule has 1 saturated heterocycles. The van der Waals surface area contributed by atoms with Crippen molar-refractivity contribution in [3.05, 3.63) is 41.7 Å². The van der Waals surface area contributed by atoms with Gasteiger partial charge in [0.1, 0.15) is 24.2 Å². The third-order valence-corrected chi connectivity index (χ3v) is 7.11. The number of amides is 1. The van der Waals surface area contributed by atoms with Gasteiger partial charge in [-0.2, -0.15) is 0 Å². The highest BCUT2D eigenvalue weighted by molar-refractivity contribution is 5.83. The summed E-state index contributed by atoms with van der Waals surface area (Å²) in [4.78, 5) is 32.4.